The van der Waals surface area contributed by atoms with Crippen LogP contribution >= 0.6 is 0 Å². The van der Waals surface area contributed by atoms with Crippen molar-refractivity contribution in [1.29, 1.82) is 0 Å². The Kier molecular flexibility index (Phi) is 5.90. The highest BCUT2D eigenvalue weighted by Crippen LogP contribution is 2.24. The summed E-state index contributed by atoms with van der Waals surface area (Å²) in [6.45, 7) is 10.1. The molecule has 2 atom stereocenters. The third-order valence-electron chi connectivity index (χ3n) is 4.17. The molecule has 0 spiro atoms. The minimum absolute atomic E-state index is 0.0788. The molecule has 0 aromatic carbocycles. The Labute approximate surface area is 106 Å². The first kappa shape index (κ1) is 14.9. The third kappa shape index (κ3) is 5.36. The molecular weight excluding hydrogens is 212 g/mol. The highest BCUT2D eigenvalue weighted by atomic mass is 16.3. The van der Waals surface area contributed by atoms with Crippen LogP contribution in [0.5, 0.6) is 0 Å². The van der Waals surface area contributed by atoms with Crippen LogP contribution < -0.4 is 5.73 Å². The third-order valence-corrected chi connectivity index (χ3v) is 4.17. The van der Waals surface area contributed by atoms with E-state index in [-0.39, 0.29) is 6.61 Å². The minimum Gasteiger partial charge on any atom is -0.394 e. The molecule has 1 aliphatic rings. The summed E-state index contributed by atoms with van der Waals surface area (Å²) in [6.07, 6.45) is 4.88. The van der Waals surface area contributed by atoms with Crippen LogP contribution in [0.2, 0.25) is 0 Å². The summed E-state index contributed by atoms with van der Waals surface area (Å²) in [6, 6.07) is 0. The van der Waals surface area contributed by atoms with Crippen molar-refractivity contribution in [1.82, 2.24) is 4.90 Å². The molecule has 0 aromatic heterocycles. The van der Waals surface area contributed by atoms with E-state index in [1.54, 1.807) is 0 Å². The fourth-order valence-corrected chi connectivity index (χ4v) is 2.56. The number of nitrogens with two attached hydrogens (primary N) is 1. The fraction of sp³-hybridized carbons (Fsp3) is 1.00. The molecule has 0 aliphatic carbocycles. The lowest BCUT2D eigenvalue weighted by atomic mass is 9.89. The van der Waals surface area contributed by atoms with Gasteiger partial charge < -0.3 is 15.7 Å². The predicted octanol–water partition coefficient (Wildman–Crippen LogP) is 1.84. The molecule has 0 bridgehead atoms. The van der Waals surface area contributed by atoms with Crippen LogP contribution in [0.4, 0.5) is 0 Å². The summed E-state index contributed by atoms with van der Waals surface area (Å²) in [5.74, 6) is 1.70. The van der Waals surface area contributed by atoms with Gasteiger partial charge in [-0.15, -0.1) is 0 Å². The van der Waals surface area contributed by atoms with Gasteiger partial charge in [0.25, 0.3) is 0 Å². The van der Waals surface area contributed by atoms with Crippen molar-refractivity contribution in [3.05, 3.63) is 0 Å². The lowest BCUT2D eigenvalue weighted by Crippen LogP contribution is -2.43. The molecule has 102 valence electrons. The van der Waals surface area contributed by atoms with Gasteiger partial charge in [0.15, 0.2) is 0 Å². The van der Waals surface area contributed by atoms with Crippen molar-refractivity contribution in [3.8, 4) is 0 Å². The predicted molar refractivity (Wildman–Crippen MR) is 72.9 cm³/mol. The van der Waals surface area contributed by atoms with E-state index in [2.05, 4.69) is 18.7 Å². The van der Waals surface area contributed by atoms with E-state index in [9.17, 15) is 0 Å². The molecule has 17 heavy (non-hydrogen) atoms. The summed E-state index contributed by atoms with van der Waals surface area (Å²) < 4.78 is 0. The van der Waals surface area contributed by atoms with E-state index in [1.807, 2.05) is 6.92 Å². The Morgan fingerprint density at radius 2 is 2.06 bits per heavy atom. The molecule has 3 heteroatoms. The molecule has 3 N–H and O–H groups in total. The van der Waals surface area contributed by atoms with Gasteiger partial charge in [-0.1, -0.05) is 13.8 Å². The molecule has 1 saturated heterocycles. The minimum atomic E-state index is -0.413. The number of aliphatic hydroxyl groups excluding tert-OH is 1. The monoisotopic (exact) mass is 242 g/mol. The van der Waals surface area contributed by atoms with Crippen LogP contribution in [0, 0.1) is 11.8 Å². The Bertz CT molecular complexity index is 216. The number of nitrogens with zero attached hydrogens (tertiary/aromatic N) is 1. The lowest BCUT2D eigenvalue weighted by molar-refractivity contribution is 0.175. The van der Waals surface area contributed by atoms with Gasteiger partial charge in [0.2, 0.25) is 0 Å². The zero-order valence-electron chi connectivity index (χ0n) is 11.8. The van der Waals surface area contributed by atoms with Crippen molar-refractivity contribution in [2.75, 3.05) is 26.2 Å². The molecule has 2 unspecified atom stereocenters. The summed E-state index contributed by atoms with van der Waals surface area (Å²) in [5, 5.41) is 9.15. The van der Waals surface area contributed by atoms with Crippen molar-refractivity contribution in [2.24, 2.45) is 17.6 Å². The fourth-order valence-electron chi connectivity index (χ4n) is 2.56. The maximum Gasteiger partial charge on any atom is 0.0608 e. The molecule has 1 aliphatic heterocycles. The van der Waals surface area contributed by atoms with Gasteiger partial charge in [0.1, 0.15) is 0 Å². The summed E-state index contributed by atoms with van der Waals surface area (Å²) in [5.41, 5.74) is 5.56. The van der Waals surface area contributed by atoms with Crippen LogP contribution in [0.3, 0.4) is 0 Å². The molecule has 1 fully saturated rings. The van der Waals surface area contributed by atoms with Gasteiger partial charge in [-0.2, -0.15) is 0 Å². The van der Waals surface area contributed by atoms with E-state index < -0.39 is 5.54 Å². The zero-order chi connectivity index (χ0) is 12.9. The average Bonchev–Trinajstić information content (AvgIpc) is 2.52. The molecule has 0 saturated carbocycles. The first-order valence-electron chi connectivity index (χ1n) is 7.07. The quantitative estimate of drug-likeness (QED) is 0.773. The Balaban J connectivity index is 2.32. The van der Waals surface area contributed by atoms with Gasteiger partial charge in [0.05, 0.1) is 6.61 Å². The van der Waals surface area contributed by atoms with E-state index >= 15 is 0 Å². The van der Waals surface area contributed by atoms with E-state index in [1.165, 1.54) is 32.4 Å². The van der Waals surface area contributed by atoms with Crippen molar-refractivity contribution in [2.45, 2.75) is 52.0 Å². The smallest absolute Gasteiger partial charge is 0.0608 e. The number of hydrogen-bond donors (Lipinski definition) is 2. The van der Waals surface area contributed by atoms with Gasteiger partial charge >= 0.3 is 0 Å². The lowest BCUT2D eigenvalue weighted by Gasteiger charge is -2.27. The van der Waals surface area contributed by atoms with Gasteiger partial charge in [-0.25, -0.2) is 0 Å². The largest absolute Gasteiger partial charge is 0.394 e. The number of likely N-dealkylation sites (tertiary alicyclic amines) is 1. The standard InChI is InChI=1S/C14H30N2O/c1-12(2)13-5-4-8-16(9-6-13)10-7-14(3,15)11-17/h12-13,17H,4-11,15H2,1-3H3. The first-order chi connectivity index (χ1) is 7.94. The van der Waals surface area contributed by atoms with Gasteiger partial charge in [0, 0.05) is 5.54 Å². The highest BCUT2D eigenvalue weighted by Gasteiger charge is 2.22. The summed E-state index contributed by atoms with van der Waals surface area (Å²) in [7, 11) is 0. The number of aliphatic hydroxyl groups is 1. The highest BCUT2D eigenvalue weighted by molar-refractivity contribution is 4.80. The van der Waals surface area contributed by atoms with E-state index in [4.69, 9.17) is 10.8 Å². The van der Waals surface area contributed by atoms with Gasteiger partial charge in [-0.3, -0.25) is 0 Å². The maximum absolute atomic E-state index is 9.15. The van der Waals surface area contributed by atoms with Crippen molar-refractivity contribution < 1.29 is 5.11 Å². The summed E-state index contributed by atoms with van der Waals surface area (Å²) >= 11 is 0. The molecule has 1 heterocycles. The second-order valence-electron chi connectivity index (χ2n) is 6.34. The van der Waals surface area contributed by atoms with Crippen molar-refractivity contribution in [3.63, 3.8) is 0 Å². The molecule has 0 amide bonds. The Morgan fingerprint density at radius 1 is 1.35 bits per heavy atom. The average molecular weight is 242 g/mol. The van der Waals surface area contributed by atoms with E-state index in [0.717, 1.165) is 24.8 Å². The normalized spacial score (nSPS) is 26.8. The van der Waals surface area contributed by atoms with Crippen molar-refractivity contribution >= 4 is 0 Å². The molecule has 0 aromatic rings. The summed E-state index contributed by atoms with van der Waals surface area (Å²) in [4.78, 5) is 2.52. The molecular formula is C14H30N2O. The van der Waals surface area contributed by atoms with Crippen LogP contribution in [-0.4, -0.2) is 41.8 Å². The maximum atomic E-state index is 9.15. The van der Waals surface area contributed by atoms with Crippen LogP contribution in [-0.2, 0) is 0 Å². The van der Waals surface area contributed by atoms with Crippen LogP contribution in [0.25, 0.3) is 0 Å². The van der Waals surface area contributed by atoms with E-state index in [0.29, 0.717) is 0 Å². The Morgan fingerprint density at radius 3 is 2.65 bits per heavy atom. The van der Waals surface area contributed by atoms with Crippen LogP contribution in [0.1, 0.15) is 46.5 Å². The Hall–Kier alpha value is -0.120. The zero-order valence-corrected chi connectivity index (χ0v) is 11.8. The topological polar surface area (TPSA) is 49.5 Å². The van der Waals surface area contributed by atoms with Gasteiger partial charge in [-0.05, 0) is 64.1 Å². The molecule has 3 nitrogen and oxygen atoms in total. The van der Waals surface area contributed by atoms with Crippen LogP contribution in [0.15, 0.2) is 0 Å². The second-order valence-corrected chi connectivity index (χ2v) is 6.34. The molecule has 0 radical (unpaired) electrons. The number of rotatable bonds is 5. The first-order valence-corrected chi connectivity index (χ1v) is 7.07. The second kappa shape index (κ2) is 6.72. The SMILES string of the molecule is CC(C)C1CCCN(CCC(C)(N)CO)CC1. The number of hydrogen-bond acceptors (Lipinski definition) is 3. The molecule has 1 rings (SSSR count).